The number of allylic oxidation sites excluding steroid dienone is 1. The molecule has 0 fully saturated rings. The predicted molar refractivity (Wildman–Crippen MR) is 89.6 cm³/mol. The number of halogens is 1. The zero-order valence-electron chi connectivity index (χ0n) is 13.5. The summed E-state index contributed by atoms with van der Waals surface area (Å²) in [5.41, 5.74) is 2.95. The SMILES string of the molecule is CN(C)/C=C1/CCc2cc([N+](=O)[O-])c(Oc3ccc(F)cc3)cc21. The van der Waals surface area contributed by atoms with E-state index in [2.05, 4.69) is 0 Å². The first-order valence-electron chi connectivity index (χ1n) is 7.56. The highest BCUT2D eigenvalue weighted by molar-refractivity contribution is 5.76. The number of nitro groups is 1. The smallest absolute Gasteiger partial charge is 0.311 e. The molecule has 0 aliphatic heterocycles. The van der Waals surface area contributed by atoms with E-state index in [1.165, 1.54) is 24.3 Å². The van der Waals surface area contributed by atoms with Gasteiger partial charge in [-0.2, -0.15) is 0 Å². The minimum absolute atomic E-state index is 0.0795. The molecule has 0 saturated heterocycles. The van der Waals surface area contributed by atoms with E-state index in [0.29, 0.717) is 5.75 Å². The second-order valence-corrected chi connectivity index (χ2v) is 5.91. The molecule has 6 heteroatoms. The van der Waals surface area contributed by atoms with Crippen molar-refractivity contribution in [2.45, 2.75) is 12.8 Å². The van der Waals surface area contributed by atoms with Crippen LogP contribution >= 0.6 is 0 Å². The lowest BCUT2D eigenvalue weighted by atomic mass is 10.1. The third-order valence-electron chi connectivity index (χ3n) is 3.85. The topological polar surface area (TPSA) is 55.6 Å². The number of benzene rings is 2. The second-order valence-electron chi connectivity index (χ2n) is 5.91. The van der Waals surface area contributed by atoms with Gasteiger partial charge in [-0.25, -0.2) is 4.39 Å². The molecule has 0 aromatic heterocycles. The average Bonchev–Trinajstić information content (AvgIpc) is 2.90. The van der Waals surface area contributed by atoms with Crippen molar-refractivity contribution in [2.24, 2.45) is 0 Å². The number of hydrogen-bond donors (Lipinski definition) is 0. The van der Waals surface area contributed by atoms with Gasteiger partial charge in [0.1, 0.15) is 11.6 Å². The Labute approximate surface area is 139 Å². The molecule has 24 heavy (non-hydrogen) atoms. The van der Waals surface area contributed by atoms with Gasteiger partial charge >= 0.3 is 5.69 Å². The number of fused-ring (bicyclic) bond motifs is 1. The van der Waals surface area contributed by atoms with E-state index in [1.807, 2.05) is 25.2 Å². The fourth-order valence-electron chi connectivity index (χ4n) is 2.82. The predicted octanol–water partition coefficient (Wildman–Crippen LogP) is 4.37. The maximum atomic E-state index is 13.0. The van der Waals surface area contributed by atoms with E-state index in [9.17, 15) is 14.5 Å². The van der Waals surface area contributed by atoms with Crippen LogP contribution in [0.3, 0.4) is 0 Å². The van der Waals surface area contributed by atoms with Gasteiger partial charge in [0.2, 0.25) is 5.75 Å². The van der Waals surface area contributed by atoms with Crippen molar-refractivity contribution >= 4 is 11.3 Å². The molecular formula is C18H17FN2O3. The molecule has 0 unspecified atom stereocenters. The molecule has 2 aromatic rings. The Kier molecular flexibility index (Phi) is 4.20. The van der Waals surface area contributed by atoms with E-state index in [1.54, 1.807) is 12.1 Å². The summed E-state index contributed by atoms with van der Waals surface area (Å²) < 4.78 is 18.7. The van der Waals surface area contributed by atoms with Crippen molar-refractivity contribution in [2.75, 3.05) is 14.1 Å². The molecule has 0 radical (unpaired) electrons. The largest absolute Gasteiger partial charge is 0.450 e. The maximum absolute atomic E-state index is 13.0. The molecule has 0 atom stereocenters. The van der Waals surface area contributed by atoms with Crippen molar-refractivity contribution < 1.29 is 14.1 Å². The highest BCUT2D eigenvalue weighted by atomic mass is 19.1. The van der Waals surface area contributed by atoms with Gasteiger partial charge in [-0.05, 0) is 59.9 Å². The first kappa shape index (κ1) is 16.0. The number of nitrogens with zero attached hydrogens (tertiary/aromatic N) is 2. The van der Waals surface area contributed by atoms with Crippen molar-refractivity contribution in [3.63, 3.8) is 0 Å². The van der Waals surface area contributed by atoms with Crippen LogP contribution in [0.5, 0.6) is 11.5 Å². The van der Waals surface area contributed by atoms with Crippen molar-refractivity contribution in [1.82, 2.24) is 4.90 Å². The number of rotatable bonds is 4. The molecule has 0 amide bonds. The van der Waals surface area contributed by atoms with Crippen LogP contribution in [0.25, 0.3) is 5.57 Å². The third-order valence-corrected chi connectivity index (χ3v) is 3.85. The van der Waals surface area contributed by atoms with Gasteiger partial charge < -0.3 is 9.64 Å². The zero-order valence-corrected chi connectivity index (χ0v) is 13.5. The molecule has 124 valence electrons. The summed E-state index contributed by atoms with van der Waals surface area (Å²) in [6, 6.07) is 8.69. The summed E-state index contributed by atoms with van der Waals surface area (Å²) in [6.07, 6.45) is 3.62. The van der Waals surface area contributed by atoms with Crippen LogP contribution in [0.2, 0.25) is 0 Å². The third kappa shape index (κ3) is 3.22. The number of hydrogen-bond acceptors (Lipinski definition) is 4. The Morgan fingerprint density at radius 1 is 1.21 bits per heavy atom. The number of aryl methyl sites for hydroxylation is 1. The second kappa shape index (κ2) is 6.31. The molecule has 1 aliphatic rings. The zero-order chi connectivity index (χ0) is 17.3. The van der Waals surface area contributed by atoms with Gasteiger partial charge in [0, 0.05) is 26.4 Å². The van der Waals surface area contributed by atoms with E-state index >= 15 is 0 Å². The summed E-state index contributed by atoms with van der Waals surface area (Å²) in [5, 5.41) is 11.4. The lowest BCUT2D eigenvalue weighted by Crippen LogP contribution is -2.02. The Bertz CT molecular complexity index is 814. The fraction of sp³-hybridized carbons (Fsp3) is 0.222. The van der Waals surface area contributed by atoms with E-state index in [4.69, 9.17) is 4.74 Å². The van der Waals surface area contributed by atoms with Gasteiger partial charge in [0.25, 0.3) is 0 Å². The molecule has 0 N–H and O–H groups in total. The molecule has 0 saturated carbocycles. The van der Waals surface area contributed by atoms with Gasteiger partial charge in [-0.15, -0.1) is 0 Å². The standard InChI is InChI=1S/C18H17FN2O3/c1-20(2)11-13-4-3-12-9-17(21(22)23)18(10-16(12)13)24-15-7-5-14(19)6-8-15/h5-11H,3-4H2,1-2H3/b13-11-. The van der Waals surface area contributed by atoms with Gasteiger partial charge in [-0.1, -0.05) is 0 Å². The van der Waals surface area contributed by atoms with Crippen molar-refractivity contribution in [3.8, 4) is 11.5 Å². The minimum Gasteiger partial charge on any atom is -0.450 e. The molecule has 0 bridgehead atoms. The van der Waals surface area contributed by atoms with Crippen LogP contribution < -0.4 is 4.74 Å². The van der Waals surface area contributed by atoms with E-state index in [0.717, 1.165) is 29.5 Å². The van der Waals surface area contributed by atoms with Crippen LogP contribution in [-0.2, 0) is 6.42 Å². The molecule has 5 nitrogen and oxygen atoms in total. The van der Waals surface area contributed by atoms with Crippen LogP contribution in [0, 0.1) is 15.9 Å². The van der Waals surface area contributed by atoms with Gasteiger partial charge in [-0.3, -0.25) is 10.1 Å². The highest BCUT2D eigenvalue weighted by Gasteiger charge is 2.25. The maximum Gasteiger partial charge on any atom is 0.311 e. The lowest BCUT2D eigenvalue weighted by molar-refractivity contribution is -0.385. The molecule has 1 aliphatic carbocycles. The molecule has 3 rings (SSSR count). The number of nitro benzene ring substituents is 1. The van der Waals surface area contributed by atoms with Crippen molar-refractivity contribution in [3.05, 3.63) is 69.7 Å². The van der Waals surface area contributed by atoms with Crippen LogP contribution in [-0.4, -0.2) is 23.9 Å². The summed E-state index contributed by atoms with van der Waals surface area (Å²) in [4.78, 5) is 12.9. The monoisotopic (exact) mass is 328 g/mol. The normalized spacial score (nSPS) is 14.5. The van der Waals surface area contributed by atoms with Crippen LogP contribution in [0.1, 0.15) is 17.5 Å². The molecule has 0 spiro atoms. The van der Waals surface area contributed by atoms with Crippen LogP contribution in [0.4, 0.5) is 10.1 Å². The van der Waals surface area contributed by atoms with Crippen LogP contribution in [0.15, 0.2) is 42.6 Å². The summed E-state index contributed by atoms with van der Waals surface area (Å²) in [6.45, 7) is 0. The Balaban J connectivity index is 2.04. The Morgan fingerprint density at radius 3 is 2.54 bits per heavy atom. The summed E-state index contributed by atoms with van der Waals surface area (Å²) in [7, 11) is 3.87. The Hall–Kier alpha value is -2.89. The highest BCUT2D eigenvalue weighted by Crippen LogP contribution is 2.41. The summed E-state index contributed by atoms with van der Waals surface area (Å²) >= 11 is 0. The average molecular weight is 328 g/mol. The number of ether oxygens (including phenoxy) is 1. The van der Waals surface area contributed by atoms with E-state index in [-0.39, 0.29) is 17.3 Å². The Morgan fingerprint density at radius 2 is 1.92 bits per heavy atom. The molecular weight excluding hydrogens is 311 g/mol. The van der Waals surface area contributed by atoms with Gasteiger partial charge in [0.15, 0.2) is 0 Å². The lowest BCUT2D eigenvalue weighted by Gasteiger charge is -2.11. The first-order chi connectivity index (χ1) is 11.4. The van der Waals surface area contributed by atoms with E-state index < -0.39 is 4.92 Å². The molecule has 0 heterocycles. The summed E-state index contributed by atoms with van der Waals surface area (Å²) in [5.74, 6) is 0.134. The fourth-order valence-corrected chi connectivity index (χ4v) is 2.82. The first-order valence-corrected chi connectivity index (χ1v) is 7.56. The molecule has 2 aromatic carbocycles. The minimum atomic E-state index is -0.452. The quantitative estimate of drug-likeness (QED) is 0.617. The van der Waals surface area contributed by atoms with Gasteiger partial charge in [0.05, 0.1) is 4.92 Å². The van der Waals surface area contributed by atoms with Crippen molar-refractivity contribution in [1.29, 1.82) is 0 Å².